The maximum Gasteiger partial charge on any atom is 0.206 e. The summed E-state index contributed by atoms with van der Waals surface area (Å²) in [5.41, 5.74) is 1.57. The van der Waals surface area contributed by atoms with Crippen LogP contribution in [0.1, 0.15) is 5.89 Å². The lowest BCUT2D eigenvalue weighted by Crippen LogP contribution is -1.71. The molecule has 1 aromatic carbocycles. The summed E-state index contributed by atoms with van der Waals surface area (Å²) in [7, 11) is 0. The first-order chi connectivity index (χ1) is 5.79. The zero-order valence-corrected chi connectivity index (χ0v) is 8.39. The van der Waals surface area contributed by atoms with Crippen molar-refractivity contribution in [1.29, 1.82) is 0 Å². The third-order valence-electron chi connectivity index (χ3n) is 1.51. The lowest BCUT2D eigenvalue weighted by atomic mass is 10.3. The molecule has 4 heteroatoms. The van der Waals surface area contributed by atoms with Gasteiger partial charge in [0.15, 0.2) is 5.58 Å². The normalized spacial score (nSPS) is 10.8. The molecule has 0 N–H and O–H groups in total. The number of hydrogen-bond acceptors (Lipinski definition) is 2. The molecule has 12 heavy (non-hydrogen) atoms. The van der Waals surface area contributed by atoms with E-state index in [1.807, 2.05) is 6.07 Å². The molecule has 0 saturated carbocycles. The Hall–Kier alpha value is -0.540. The van der Waals surface area contributed by atoms with Gasteiger partial charge in [-0.25, -0.2) is 4.98 Å². The number of hydrogen-bond donors (Lipinski definition) is 0. The van der Waals surface area contributed by atoms with Crippen LogP contribution < -0.4 is 0 Å². The molecule has 0 amide bonds. The van der Waals surface area contributed by atoms with Crippen molar-refractivity contribution in [2.24, 2.45) is 0 Å². The van der Waals surface area contributed by atoms with Crippen LogP contribution in [0.3, 0.4) is 0 Å². The van der Waals surface area contributed by atoms with Crippen molar-refractivity contribution in [1.82, 2.24) is 4.98 Å². The van der Waals surface area contributed by atoms with Crippen molar-refractivity contribution in [2.45, 2.75) is 5.33 Å². The zero-order chi connectivity index (χ0) is 8.55. The lowest BCUT2D eigenvalue weighted by molar-refractivity contribution is 0.557. The minimum Gasteiger partial charge on any atom is -0.440 e. The smallest absolute Gasteiger partial charge is 0.206 e. The molecule has 0 saturated heterocycles. The van der Waals surface area contributed by atoms with Crippen molar-refractivity contribution < 1.29 is 4.42 Å². The standard InChI is InChI=1S/C8H5BrClNO/c9-4-8-11-6-2-1-5(10)3-7(6)12-8/h1-3H,4H2. The number of alkyl halides is 1. The molecule has 2 aromatic rings. The summed E-state index contributed by atoms with van der Waals surface area (Å²) in [5, 5.41) is 1.29. The van der Waals surface area contributed by atoms with Gasteiger partial charge in [0.05, 0.1) is 5.33 Å². The van der Waals surface area contributed by atoms with Gasteiger partial charge in [-0.15, -0.1) is 0 Å². The monoisotopic (exact) mass is 245 g/mol. The predicted molar refractivity (Wildman–Crippen MR) is 51.7 cm³/mol. The molecule has 62 valence electrons. The van der Waals surface area contributed by atoms with E-state index in [-0.39, 0.29) is 0 Å². The first-order valence-electron chi connectivity index (χ1n) is 3.40. The Balaban J connectivity index is 2.67. The van der Waals surface area contributed by atoms with Crippen molar-refractivity contribution in [3.05, 3.63) is 29.1 Å². The molecule has 0 spiro atoms. The maximum atomic E-state index is 5.77. The van der Waals surface area contributed by atoms with Crippen LogP contribution in [0.5, 0.6) is 0 Å². The van der Waals surface area contributed by atoms with E-state index in [1.165, 1.54) is 0 Å². The van der Waals surface area contributed by atoms with Crippen LogP contribution >= 0.6 is 27.5 Å². The summed E-state index contributed by atoms with van der Waals surface area (Å²) in [5.74, 6) is 0.673. The molecular weight excluding hydrogens is 241 g/mol. The molecule has 1 aromatic heterocycles. The quantitative estimate of drug-likeness (QED) is 0.721. The lowest BCUT2D eigenvalue weighted by Gasteiger charge is -1.85. The van der Waals surface area contributed by atoms with Gasteiger partial charge in [-0.2, -0.15) is 0 Å². The Morgan fingerprint density at radius 1 is 1.50 bits per heavy atom. The first-order valence-corrected chi connectivity index (χ1v) is 4.90. The van der Waals surface area contributed by atoms with E-state index >= 15 is 0 Å². The summed E-state index contributed by atoms with van der Waals surface area (Å²) >= 11 is 9.04. The summed E-state index contributed by atoms with van der Waals surface area (Å²) in [4.78, 5) is 4.20. The van der Waals surface area contributed by atoms with E-state index < -0.39 is 0 Å². The minimum absolute atomic E-state index is 0.624. The van der Waals surface area contributed by atoms with Crippen LogP contribution in [-0.4, -0.2) is 4.98 Å². The van der Waals surface area contributed by atoms with Crippen LogP contribution in [0, 0.1) is 0 Å². The molecule has 0 atom stereocenters. The number of oxazole rings is 1. The van der Waals surface area contributed by atoms with Crippen molar-refractivity contribution >= 4 is 38.6 Å². The Morgan fingerprint density at radius 3 is 3.08 bits per heavy atom. The highest BCUT2D eigenvalue weighted by Gasteiger charge is 2.03. The van der Waals surface area contributed by atoms with Crippen molar-refractivity contribution in [2.75, 3.05) is 0 Å². The summed E-state index contributed by atoms with van der Waals surface area (Å²) in [6.45, 7) is 0. The largest absolute Gasteiger partial charge is 0.440 e. The molecular formula is C8H5BrClNO. The Labute approximate surface area is 82.7 Å². The number of nitrogens with zero attached hydrogens (tertiary/aromatic N) is 1. The van der Waals surface area contributed by atoms with Gasteiger partial charge in [0, 0.05) is 11.1 Å². The third-order valence-corrected chi connectivity index (χ3v) is 2.22. The SMILES string of the molecule is Clc1ccc2nc(CBr)oc2c1. The highest BCUT2D eigenvalue weighted by molar-refractivity contribution is 9.08. The van der Waals surface area contributed by atoms with E-state index in [1.54, 1.807) is 12.1 Å². The van der Waals surface area contributed by atoms with Crippen LogP contribution in [0.25, 0.3) is 11.1 Å². The van der Waals surface area contributed by atoms with E-state index in [0.29, 0.717) is 16.2 Å². The van der Waals surface area contributed by atoms with Gasteiger partial charge in [-0.05, 0) is 12.1 Å². The average molecular weight is 246 g/mol. The Morgan fingerprint density at radius 2 is 2.33 bits per heavy atom. The fourth-order valence-electron chi connectivity index (χ4n) is 1.00. The summed E-state index contributed by atoms with van der Waals surface area (Å²) < 4.78 is 5.36. The molecule has 2 rings (SSSR count). The Bertz CT molecular complexity index is 412. The zero-order valence-electron chi connectivity index (χ0n) is 6.05. The van der Waals surface area contributed by atoms with E-state index in [4.69, 9.17) is 16.0 Å². The molecule has 0 fully saturated rings. The molecule has 0 bridgehead atoms. The van der Waals surface area contributed by atoms with Gasteiger partial charge < -0.3 is 4.42 Å². The number of fused-ring (bicyclic) bond motifs is 1. The minimum atomic E-state index is 0.624. The number of rotatable bonds is 1. The Kier molecular flexibility index (Phi) is 2.07. The van der Waals surface area contributed by atoms with Gasteiger partial charge in [0.1, 0.15) is 5.52 Å². The van der Waals surface area contributed by atoms with Crippen molar-refractivity contribution in [3.8, 4) is 0 Å². The van der Waals surface area contributed by atoms with Gasteiger partial charge >= 0.3 is 0 Å². The van der Waals surface area contributed by atoms with E-state index in [0.717, 1.165) is 11.1 Å². The molecule has 0 aliphatic carbocycles. The van der Waals surface area contributed by atoms with E-state index in [9.17, 15) is 0 Å². The second-order valence-electron chi connectivity index (χ2n) is 2.35. The highest BCUT2D eigenvalue weighted by atomic mass is 79.9. The number of halogens is 2. The first kappa shape index (κ1) is 8.08. The van der Waals surface area contributed by atoms with E-state index in [2.05, 4.69) is 20.9 Å². The van der Waals surface area contributed by atoms with Crippen molar-refractivity contribution in [3.63, 3.8) is 0 Å². The molecule has 0 aliphatic heterocycles. The number of benzene rings is 1. The number of aromatic nitrogens is 1. The van der Waals surface area contributed by atoms with Crippen LogP contribution in [0.4, 0.5) is 0 Å². The molecule has 1 heterocycles. The second kappa shape index (κ2) is 3.07. The predicted octanol–water partition coefficient (Wildman–Crippen LogP) is 3.38. The third kappa shape index (κ3) is 1.34. The van der Waals surface area contributed by atoms with Gasteiger partial charge in [-0.3, -0.25) is 0 Å². The average Bonchev–Trinajstić information content (AvgIpc) is 2.46. The topological polar surface area (TPSA) is 26.0 Å². The van der Waals surface area contributed by atoms with Crippen LogP contribution in [0.15, 0.2) is 22.6 Å². The van der Waals surface area contributed by atoms with Gasteiger partial charge in [0.2, 0.25) is 5.89 Å². The van der Waals surface area contributed by atoms with Gasteiger partial charge in [-0.1, -0.05) is 27.5 Å². The molecule has 0 unspecified atom stereocenters. The van der Waals surface area contributed by atoms with Crippen LogP contribution in [0.2, 0.25) is 5.02 Å². The molecule has 2 nitrogen and oxygen atoms in total. The molecule has 0 radical (unpaired) electrons. The van der Waals surface area contributed by atoms with Gasteiger partial charge in [0.25, 0.3) is 0 Å². The van der Waals surface area contributed by atoms with Crippen LogP contribution in [-0.2, 0) is 5.33 Å². The fraction of sp³-hybridized carbons (Fsp3) is 0.125. The fourth-order valence-corrected chi connectivity index (χ4v) is 1.41. The highest BCUT2D eigenvalue weighted by Crippen LogP contribution is 2.20. The molecule has 0 aliphatic rings. The second-order valence-corrected chi connectivity index (χ2v) is 3.35. The summed E-state index contributed by atoms with van der Waals surface area (Å²) in [6.07, 6.45) is 0. The summed E-state index contributed by atoms with van der Waals surface area (Å²) in [6, 6.07) is 5.40. The maximum absolute atomic E-state index is 5.77.